The third-order valence-electron chi connectivity index (χ3n) is 2.71. The van der Waals surface area contributed by atoms with Crippen molar-refractivity contribution in [3.05, 3.63) is 41.3 Å². The Morgan fingerprint density at radius 2 is 1.88 bits per heavy atom. The first kappa shape index (κ1) is 11.4. The van der Waals surface area contributed by atoms with Gasteiger partial charge in [-0.05, 0) is 38.1 Å². The molecule has 0 atom stereocenters. The average Bonchev–Trinajstić information content (AvgIpc) is 2.55. The molecule has 2 rings (SSSR count). The van der Waals surface area contributed by atoms with Gasteiger partial charge in [0.1, 0.15) is 5.82 Å². The highest BCUT2D eigenvalue weighted by atomic mass is 19.1. The molecule has 0 bridgehead atoms. The number of aromatic amines is 1. The lowest BCUT2D eigenvalue weighted by Crippen LogP contribution is -1.98. The first-order chi connectivity index (χ1) is 8.00. The van der Waals surface area contributed by atoms with E-state index in [1.165, 1.54) is 19.1 Å². The van der Waals surface area contributed by atoms with E-state index in [0.29, 0.717) is 16.9 Å². The lowest BCUT2D eigenvalue weighted by atomic mass is 10.1. The number of aryl methyl sites for hydroxylation is 1. The predicted molar refractivity (Wildman–Crippen MR) is 65.3 cm³/mol. The van der Waals surface area contributed by atoms with Crippen LogP contribution in [0.3, 0.4) is 0 Å². The SMILES string of the molecule is CC(=O)c1c(C)[nH]c(-c2ccc(F)cc2)c1N. The number of aromatic nitrogens is 1. The van der Waals surface area contributed by atoms with Crippen LogP contribution in [0, 0.1) is 12.7 Å². The molecule has 0 saturated carbocycles. The summed E-state index contributed by atoms with van der Waals surface area (Å²) < 4.78 is 12.8. The molecule has 1 heterocycles. The molecule has 1 aromatic carbocycles. The molecule has 3 nitrogen and oxygen atoms in total. The summed E-state index contributed by atoms with van der Waals surface area (Å²) in [5, 5.41) is 0. The number of H-pyrrole nitrogens is 1. The first-order valence-electron chi connectivity index (χ1n) is 5.25. The van der Waals surface area contributed by atoms with Crippen LogP contribution in [0.15, 0.2) is 24.3 Å². The van der Waals surface area contributed by atoms with Crippen LogP contribution < -0.4 is 5.73 Å². The van der Waals surface area contributed by atoms with Crippen molar-refractivity contribution in [2.75, 3.05) is 5.73 Å². The van der Waals surface area contributed by atoms with Gasteiger partial charge in [0.15, 0.2) is 5.78 Å². The molecular weight excluding hydrogens is 219 g/mol. The quantitative estimate of drug-likeness (QED) is 0.782. The van der Waals surface area contributed by atoms with Gasteiger partial charge in [-0.1, -0.05) is 0 Å². The summed E-state index contributed by atoms with van der Waals surface area (Å²) in [6.45, 7) is 3.26. The molecule has 2 aromatic rings. The molecule has 17 heavy (non-hydrogen) atoms. The van der Waals surface area contributed by atoms with Gasteiger partial charge >= 0.3 is 0 Å². The number of Topliss-reactive ketones (excluding diaryl/α,β-unsaturated/α-hetero) is 1. The van der Waals surface area contributed by atoms with E-state index < -0.39 is 0 Å². The Hall–Kier alpha value is -2.10. The van der Waals surface area contributed by atoms with E-state index in [1.807, 2.05) is 0 Å². The Morgan fingerprint density at radius 1 is 1.29 bits per heavy atom. The highest BCUT2D eigenvalue weighted by molar-refractivity contribution is 6.03. The zero-order valence-electron chi connectivity index (χ0n) is 9.67. The monoisotopic (exact) mass is 232 g/mol. The van der Waals surface area contributed by atoms with E-state index in [-0.39, 0.29) is 11.6 Å². The maximum Gasteiger partial charge on any atom is 0.163 e. The molecule has 0 aliphatic heterocycles. The Bertz CT molecular complexity index is 570. The fourth-order valence-corrected chi connectivity index (χ4v) is 1.94. The molecule has 1 aromatic heterocycles. The molecule has 88 valence electrons. The number of benzene rings is 1. The van der Waals surface area contributed by atoms with Gasteiger partial charge < -0.3 is 10.7 Å². The molecule has 0 spiro atoms. The molecule has 3 N–H and O–H groups in total. The number of halogens is 1. The highest BCUT2D eigenvalue weighted by Gasteiger charge is 2.16. The minimum Gasteiger partial charge on any atom is -0.396 e. The zero-order valence-corrected chi connectivity index (χ0v) is 9.67. The summed E-state index contributed by atoms with van der Waals surface area (Å²) >= 11 is 0. The Morgan fingerprint density at radius 3 is 2.35 bits per heavy atom. The highest BCUT2D eigenvalue weighted by Crippen LogP contribution is 2.30. The number of nitrogens with one attached hydrogen (secondary N) is 1. The molecular formula is C13H13FN2O. The molecule has 0 unspecified atom stereocenters. The molecule has 0 aliphatic rings. The number of carbonyl (C=O) groups is 1. The number of rotatable bonds is 2. The van der Waals surface area contributed by atoms with Crippen molar-refractivity contribution < 1.29 is 9.18 Å². The summed E-state index contributed by atoms with van der Waals surface area (Å²) in [4.78, 5) is 14.5. The van der Waals surface area contributed by atoms with E-state index in [9.17, 15) is 9.18 Å². The molecule has 0 aliphatic carbocycles. The smallest absolute Gasteiger partial charge is 0.163 e. The van der Waals surface area contributed by atoms with Gasteiger partial charge in [-0.3, -0.25) is 4.79 Å². The number of nitrogens with two attached hydrogens (primary N) is 1. The largest absolute Gasteiger partial charge is 0.396 e. The fourth-order valence-electron chi connectivity index (χ4n) is 1.94. The Balaban J connectivity index is 2.57. The molecule has 0 radical (unpaired) electrons. The van der Waals surface area contributed by atoms with Crippen LogP contribution in [-0.4, -0.2) is 10.8 Å². The van der Waals surface area contributed by atoms with Crippen molar-refractivity contribution in [2.45, 2.75) is 13.8 Å². The second-order valence-corrected chi connectivity index (χ2v) is 3.98. The predicted octanol–water partition coefficient (Wildman–Crippen LogP) is 2.91. The second kappa shape index (κ2) is 4.05. The van der Waals surface area contributed by atoms with Crippen LogP contribution in [-0.2, 0) is 0 Å². The summed E-state index contributed by atoms with van der Waals surface area (Å²) in [6.07, 6.45) is 0. The van der Waals surface area contributed by atoms with Crippen molar-refractivity contribution in [3.8, 4) is 11.3 Å². The lowest BCUT2D eigenvalue weighted by molar-refractivity contribution is 0.101. The first-order valence-corrected chi connectivity index (χ1v) is 5.25. The van der Waals surface area contributed by atoms with Gasteiger partial charge in [-0.15, -0.1) is 0 Å². The Kier molecular flexibility index (Phi) is 2.71. The number of anilines is 1. The minimum atomic E-state index is -0.303. The third-order valence-corrected chi connectivity index (χ3v) is 2.71. The zero-order chi connectivity index (χ0) is 12.6. The number of hydrogen-bond acceptors (Lipinski definition) is 2. The summed E-state index contributed by atoms with van der Waals surface area (Å²) in [6, 6.07) is 5.97. The summed E-state index contributed by atoms with van der Waals surface area (Å²) in [5.41, 5.74) is 9.01. The van der Waals surface area contributed by atoms with Crippen LogP contribution in [0.1, 0.15) is 23.0 Å². The number of hydrogen-bond donors (Lipinski definition) is 2. The van der Waals surface area contributed by atoms with Crippen LogP contribution in [0.4, 0.5) is 10.1 Å². The topological polar surface area (TPSA) is 58.9 Å². The molecule has 4 heteroatoms. The molecule has 0 amide bonds. The van der Waals surface area contributed by atoms with E-state index in [1.54, 1.807) is 19.1 Å². The standard InChI is InChI=1S/C13H13FN2O/c1-7-11(8(2)17)12(15)13(16-7)9-3-5-10(14)6-4-9/h3-6,16H,15H2,1-2H3. The number of nitrogen functional groups attached to an aromatic ring is 1. The Labute approximate surface area is 98.5 Å². The minimum absolute atomic E-state index is 0.0791. The summed E-state index contributed by atoms with van der Waals surface area (Å²) in [7, 11) is 0. The van der Waals surface area contributed by atoms with Gasteiger partial charge in [0.05, 0.1) is 16.9 Å². The van der Waals surface area contributed by atoms with Crippen LogP contribution in [0.2, 0.25) is 0 Å². The average molecular weight is 232 g/mol. The van der Waals surface area contributed by atoms with Gasteiger partial charge in [0.2, 0.25) is 0 Å². The van der Waals surface area contributed by atoms with Gasteiger partial charge in [-0.2, -0.15) is 0 Å². The van der Waals surface area contributed by atoms with Crippen LogP contribution in [0.25, 0.3) is 11.3 Å². The second-order valence-electron chi connectivity index (χ2n) is 3.98. The van der Waals surface area contributed by atoms with Gasteiger partial charge in [0, 0.05) is 11.3 Å². The maximum atomic E-state index is 12.8. The van der Waals surface area contributed by atoms with Gasteiger partial charge in [0.25, 0.3) is 0 Å². The van der Waals surface area contributed by atoms with Crippen molar-refractivity contribution in [1.29, 1.82) is 0 Å². The van der Waals surface area contributed by atoms with Crippen molar-refractivity contribution in [3.63, 3.8) is 0 Å². The number of ketones is 1. The van der Waals surface area contributed by atoms with E-state index in [2.05, 4.69) is 4.98 Å². The van der Waals surface area contributed by atoms with E-state index in [4.69, 9.17) is 5.73 Å². The molecule has 0 fully saturated rings. The van der Waals surface area contributed by atoms with Crippen LogP contribution in [0.5, 0.6) is 0 Å². The fraction of sp³-hybridized carbons (Fsp3) is 0.154. The van der Waals surface area contributed by atoms with Crippen molar-refractivity contribution in [2.24, 2.45) is 0 Å². The third kappa shape index (κ3) is 1.93. The maximum absolute atomic E-state index is 12.8. The van der Waals surface area contributed by atoms with Crippen molar-refractivity contribution >= 4 is 11.5 Å². The van der Waals surface area contributed by atoms with Gasteiger partial charge in [-0.25, -0.2) is 4.39 Å². The van der Waals surface area contributed by atoms with E-state index in [0.717, 1.165) is 11.3 Å². The van der Waals surface area contributed by atoms with Crippen molar-refractivity contribution in [1.82, 2.24) is 4.98 Å². The molecule has 0 saturated heterocycles. The summed E-state index contributed by atoms with van der Waals surface area (Å²) in [5.74, 6) is -0.382. The number of carbonyl (C=O) groups excluding carboxylic acids is 1. The van der Waals surface area contributed by atoms with E-state index >= 15 is 0 Å². The van der Waals surface area contributed by atoms with Crippen LogP contribution >= 0.6 is 0 Å². The lowest BCUT2D eigenvalue weighted by Gasteiger charge is -2.00. The normalized spacial score (nSPS) is 10.5.